The van der Waals surface area contributed by atoms with Crippen LogP contribution in [0.2, 0.25) is 0 Å². The molecule has 1 rings (SSSR count). The molecule has 0 saturated heterocycles. The Morgan fingerprint density at radius 3 is 2.03 bits per heavy atom. The van der Waals surface area contributed by atoms with E-state index in [1.165, 1.54) is 13.8 Å². The number of rotatable bonds is 6. The highest BCUT2D eigenvalue weighted by Gasteiger charge is 2.36. The lowest BCUT2D eigenvalue weighted by Gasteiger charge is -2.26. The van der Waals surface area contributed by atoms with E-state index in [0.717, 1.165) is 11.5 Å². The number of nitrogens with one attached hydrogen (secondary N) is 1. The molecule has 162 valence electrons. The smallest absolute Gasteiger partial charge is 0.414 e. The van der Waals surface area contributed by atoms with Gasteiger partial charge in [-0.25, -0.2) is 14.4 Å². The number of oxime groups is 1. The summed E-state index contributed by atoms with van der Waals surface area (Å²) >= 11 is 0.733. The van der Waals surface area contributed by atoms with Crippen molar-refractivity contribution in [1.82, 2.24) is 9.36 Å². The van der Waals surface area contributed by atoms with Gasteiger partial charge in [-0.1, -0.05) is 5.16 Å². The van der Waals surface area contributed by atoms with E-state index in [4.69, 9.17) is 14.3 Å². The molecule has 29 heavy (non-hydrogen) atoms. The maximum Gasteiger partial charge on any atom is 0.414 e. The highest BCUT2D eigenvalue weighted by atomic mass is 32.1. The number of carboxylic acids is 1. The quantitative estimate of drug-likeness (QED) is 0.394. The van der Waals surface area contributed by atoms with Crippen molar-refractivity contribution in [1.29, 1.82) is 0 Å². The molecule has 0 unspecified atom stereocenters. The van der Waals surface area contributed by atoms with Crippen LogP contribution >= 0.6 is 11.5 Å². The molecule has 0 radical (unpaired) electrons. The van der Waals surface area contributed by atoms with Crippen molar-refractivity contribution in [3.05, 3.63) is 5.82 Å². The van der Waals surface area contributed by atoms with E-state index in [0.29, 0.717) is 0 Å². The molecule has 1 amide bonds. The van der Waals surface area contributed by atoms with Crippen LogP contribution in [-0.2, 0) is 23.9 Å². The molecule has 0 saturated carbocycles. The predicted octanol–water partition coefficient (Wildman–Crippen LogP) is 2.81. The van der Waals surface area contributed by atoms with Gasteiger partial charge in [0, 0.05) is 11.5 Å². The van der Waals surface area contributed by atoms with E-state index >= 15 is 0 Å². The van der Waals surface area contributed by atoms with Gasteiger partial charge in [0.2, 0.25) is 22.3 Å². The van der Waals surface area contributed by atoms with Gasteiger partial charge in [0.05, 0.1) is 0 Å². The average Bonchev–Trinajstić information content (AvgIpc) is 2.91. The lowest BCUT2D eigenvalue weighted by atomic mass is 10.1. The summed E-state index contributed by atoms with van der Waals surface area (Å²) in [6, 6.07) is 0. The molecule has 2 N–H and O–H groups in total. The number of carbonyl (C=O) groups excluding carboxylic acids is 2. The van der Waals surface area contributed by atoms with E-state index in [1.807, 2.05) is 0 Å². The summed E-state index contributed by atoms with van der Waals surface area (Å²) in [6.45, 7) is 12.9. The van der Waals surface area contributed by atoms with Gasteiger partial charge in [0.15, 0.2) is 0 Å². The number of nitrogens with zero attached hydrogens (tertiary/aromatic N) is 3. The van der Waals surface area contributed by atoms with E-state index < -0.39 is 40.5 Å². The molecule has 0 fully saturated rings. The van der Waals surface area contributed by atoms with Crippen LogP contribution in [0.25, 0.3) is 0 Å². The minimum Gasteiger partial charge on any atom is -0.476 e. The number of amides is 1. The molecule has 0 aromatic carbocycles. The lowest BCUT2D eigenvalue weighted by molar-refractivity contribution is -0.179. The van der Waals surface area contributed by atoms with Crippen molar-refractivity contribution in [3.8, 4) is 0 Å². The summed E-state index contributed by atoms with van der Waals surface area (Å²) in [7, 11) is 0. The van der Waals surface area contributed by atoms with Crippen LogP contribution in [0.3, 0.4) is 0 Å². The third kappa shape index (κ3) is 8.42. The summed E-state index contributed by atoms with van der Waals surface area (Å²) in [4.78, 5) is 44.5. The van der Waals surface area contributed by atoms with Gasteiger partial charge < -0.3 is 19.4 Å². The fourth-order valence-corrected chi connectivity index (χ4v) is 2.09. The van der Waals surface area contributed by atoms with Crippen molar-refractivity contribution >= 4 is 40.4 Å². The van der Waals surface area contributed by atoms with Crippen molar-refractivity contribution in [2.24, 2.45) is 5.16 Å². The summed E-state index contributed by atoms with van der Waals surface area (Å²) < 4.78 is 14.1. The predicted molar refractivity (Wildman–Crippen MR) is 105 cm³/mol. The third-order valence-electron chi connectivity index (χ3n) is 2.70. The molecule has 0 bridgehead atoms. The van der Waals surface area contributed by atoms with Crippen molar-refractivity contribution in [2.45, 2.75) is 72.2 Å². The highest BCUT2D eigenvalue weighted by Crippen LogP contribution is 2.19. The Balaban J connectivity index is 2.96. The second-order valence-corrected chi connectivity index (χ2v) is 9.15. The van der Waals surface area contributed by atoms with Crippen molar-refractivity contribution in [3.63, 3.8) is 0 Å². The van der Waals surface area contributed by atoms with Gasteiger partial charge in [0.1, 0.15) is 11.2 Å². The number of esters is 1. The van der Waals surface area contributed by atoms with E-state index in [-0.39, 0.29) is 11.0 Å². The Labute approximate surface area is 172 Å². The van der Waals surface area contributed by atoms with Crippen LogP contribution in [0.5, 0.6) is 0 Å². The molecule has 11 nitrogen and oxygen atoms in total. The van der Waals surface area contributed by atoms with Gasteiger partial charge in [-0.3, -0.25) is 5.32 Å². The number of aromatic nitrogens is 2. The van der Waals surface area contributed by atoms with Crippen LogP contribution in [0, 0.1) is 0 Å². The summed E-state index contributed by atoms with van der Waals surface area (Å²) in [5.41, 5.74) is -3.67. The number of carbonyl (C=O) groups is 3. The molecule has 0 atom stereocenters. The van der Waals surface area contributed by atoms with Crippen molar-refractivity contribution < 1.29 is 33.8 Å². The molecule has 0 aliphatic carbocycles. The Hall–Kier alpha value is -2.76. The van der Waals surface area contributed by atoms with Gasteiger partial charge >= 0.3 is 18.0 Å². The third-order valence-corrected chi connectivity index (χ3v) is 3.33. The normalized spacial score (nSPS) is 12.9. The minimum absolute atomic E-state index is 0.00889. The van der Waals surface area contributed by atoms with Crippen LogP contribution in [0.4, 0.5) is 9.93 Å². The largest absolute Gasteiger partial charge is 0.476 e. The maximum atomic E-state index is 12.2. The topological polar surface area (TPSA) is 149 Å². The second kappa shape index (κ2) is 8.72. The number of hydrogen-bond donors (Lipinski definition) is 2. The molecular weight excluding hydrogens is 404 g/mol. The van der Waals surface area contributed by atoms with Crippen LogP contribution in [0.15, 0.2) is 5.16 Å². The molecule has 0 aliphatic rings. The summed E-state index contributed by atoms with van der Waals surface area (Å²) in [6.07, 6.45) is -0.767. The first-order chi connectivity index (χ1) is 13.0. The zero-order chi connectivity index (χ0) is 22.6. The maximum absolute atomic E-state index is 12.2. The summed E-state index contributed by atoms with van der Waals surface area (Å²) in [5.74, 6) is -2.50. The van der Waals surface area contributed by atoms with Crippen LogP contribution in [-0.4, -0.2) is 55.0 Å². The first-order valence-electron chi connectivity index (χ1n) is 8.57. The van der Waals surface area contributed by atoms with Gasteiger partial charge in [0.25, 0.3) is 0 Å². The lowest BCUT2D eigenvalue weighted by Crippen LogP contribution is -2.40. The molecule has 1 heterocycles. The Bertz CT molecular complexity index is 803. The van der Waals surface area contributed by atoms with Gasteiger partial charge in [-0.2, -0.15) is 9.36 Å². The first-order valence-corrected chi connectivity index (χ1v) is 9.34. The second-order valence-electron chi connectivity index (χ2n) is 8.40. The highest BCUT2D eigenvalue weighted by molar-refractivity contribution is 7.10. The SMILES string of the molecule is CC(C)(C)OC(=O)Nc1nc(/C(=N/OC(C)(C)C(=O)OC(C)(C)C)C(=O)O)ns1. The fourth-order valence-electron chi connectivity index (χ4n) is 1.53. The number of anilines is 1. The minimum atomic E-state index is -1.55. The molecule has 0 aliphatic heterocycles. The van der Waals surface area contributed by atoms with Gasteiger partial charge in [-0.15, -0.1) is 0 Å². The Kier molecular flexibility index (Phi) is 7.30. The monoisotopic (exact) mass is 430 g/mol. The first kappa shape index (κ1) is 24.3. The van der Waals surface area contributed by atoms with Crippen LogP contribution < -0.4 is 5.32 Å². The Morgan fingerprint density at radius 2 is 1.55 bits per heavy atom. The molecule has 0 spiro atoms. The van der Waals surface area contributed by atoms with Crippen molar-refractivity contribution in [2.75, 3.05) is 5.32 Å². The average molecular weight is 430 g/mol. The molecule has 1 aromatic heterocycles. The Morgan fingerprint density at radius 1 is 1.00 bits per heavy atom. The number of carboxylic acid groups (broad SMARTS) is 1. The fraction of sp³-hybridized carbons (Fsp3) is 0.647. The molecule has 1 aromatic rings. The zero-order valence-corrected chi connectivity index (χ0v) is 18.5. The standard InChI is InChI=1S/C17H26N4O7S/c1-15(2,3)26-12(24)17(7,8)28-20-9(11(22)23)10-18-13(29-21-10)19-14(25)27-16(4,5)6/h1-8H3,(H,22,23)(H,18,19,21,25)/b20-9-. The molecular formula is C17H26N4O7S. The summed E-state index contributed by atoms with van der Waals surface area (Å²) in [5, 5.41) is 15.3. The van der Waals surface area contributed by atoms with Crippen LogP contribution in [0.1, 0.15) is 61.2 Å². The number of hydrogen-bond acceptors (Lipinski definition) is 10. The molecule has 12 heteroatoms. The van der Waals surface area contributed by atoms with E-state index in [9.17, 15) is 19.5 Å². The van der Waals surface area contributed by atoms with E-state index in [2.05, 4.69) is 19.8 Å². The zero-order valence-electron chi connectivity index (χ0n) is 17.6. The number of aliphatic carboxylic acids is 1. The number of ether oxygens (including phenoxy) is 2. The van der Waals surface area contributed by atoms with E-state index in [1.54, 1.807) is 41.5 Å². The van der Waals surface area contributed by atoms with Gasteiger partial charge in [-0.05, 0) is 55.4 Å².